The second-order valence-corrected chi connectivity index (χ2v) is 4.14. The van der Waals surface area contributed by atoms with Crippen molar-refractivity contribution in [2.45, 2.75) is 6.92 Å². The maximum absolute atomic E-state index is 11.9. The third-order valence-corrected chi connectivity index (χ3v) is 3.08. The molecule has 4 nitrogen and oxygen atoms in total. The van der Waals surface area contributed by atoms with Gasteiger partial charge in [0.15, 0.2) is 0 Å². The van der Waals surface area contributed by atoms with Crippen molar-refractivity contribution in [3.05, 3.63) is 30.3 Å². The fourth-order valence-electron chi connectivity index (χ4n) is 1.94. The number of nitrogens with zero attached hydrogens (tertiary/aromatic N) is 2. The number of rotatable bonds is 2. The van der Waals surface area contributed by atoms with E-state index in [2.05, 4.69) is 23.2 Å². The number of nitrogens with one attached hydrogen (secondary N) is 1. The van der Waals surface area contributed by atoms with E-state index in [0.29, 0.717) is 0 Å². The molecule has 2 amide bonds. The van der Waals surface area contributed by atoms with Gasteiger partial charge in [0.1, 0.15) is 0 Å². The Kier molecular flexibility index (Phi) is 7.44. The van der Waals surface area contributed by atoms with Gasteiger partial charge in [-0.1, -0.05) is 12.6 Å². The number of carbonyl (C=O) groups is 1. The van der Waals surface area contributed by atoms with Crippen LogP contribution in [0.2, 0.25) is 0 Å². The van der Waals surface area contributed by atoms with Crippen molar-refractivity contribution in [2.75, 3.05) is 38.0 Å². The van der Waals surface area contributed by atoms with Crippen LogP contribution in [0.25, 0.3) is 0 Å². The first-order chi connectivity index (χ1) is 8.29. The molecule has 0 atom stereocenters. The Balaban J connectivity index is 0.00000162. The van der Waals surface area contributed by atoms with Gasteiger partial charge >= 0.3 is 57.4 Å². The van der Waals surface area contributed by atoms with Crippen molar-refractivity contribution >= 4 is 11.7 Å². The molecule has 92 valence electrons. The van der Waals surface area contributed by atoms with Crippen molar-refractivity contribution in [1.29, 1.82) is 0 Å². The van der Waals surface area contributed by atoms with Crippen LogP contribution in [0.15, 0.2) is 24.3 Å². The van der Waals surface area contributed by atoms with Crippen LogP contribution in [0.3, 0.4) is 0 Å². The third-order valence-electron chi connectivity index (χ3n) is 3.08. The normalized spacial score (nSPS) is 15.9. The van der Waals surface area contributed by atoms with E-state index in [1.165, 1.54) is 0 Å². The van der Waals surface area contributed by atoms with Crippen LogP contribution in [0.1, 0.15) is 6.92 Å². The first kappa shape index (κ1) is 16.1. The molecule has 0 aliphatic carbocycles. The zero-order chi connectivity index (χ0) is 12.1. The number of benzene rings is 1. The Morgan fingerprint density at radius 2 is 1.89 bits per heavy atom. The van der Waals surface area contributed by atoms with Crippen LogP contribution in [0, 0.1) is 6.07 Å². The maximum Gasteiger partial charge on any atom is 1.00 e. The van der Waals surface area contributed by atoms with Crippen molar-refractivity contribution in [3.8, 4) is 0 Å². The third kappa shape index (κ3) is 4.64. The van der Waals surface area contributed by atoms with Crippen molar-refractivity contribution < 1.29 is 56.2 Å². The molecule has 0 aromatic heterocycles. The number of hydrogen-bond acceptors (Lipinski definition) is 2. The van der Waals surface area contributed by atoms with Crippen molar-refractivity contribution in [1.82, 2.24) is 9.80 Å². The summed E-state index contributed by atoms with van der Waals surface area (Å²) in [5.74, 6) is 0. The zero-order valence-corrected chi connectivity index (χ0v) is 14.3. The average Bonchev–Trinajstić information content (AvgIpc) is 2.40. The molecule has 1 aliphatic heterocycles. The van der Waals surface area contributed by atoms with Crippen molar-refractivity contribution in [3.63, 3.8) is 0 Å². The fraction of sp³-hybridized carbons (Fsp3) is 0.462. The average molecular weight is 271 g/mol. The van der Waals surface area contributed by atoms with Crippen molar-refractivity contribution in [2.24, 2.45) is 0 Å². The summed E-state index contributed by atoms with van der Waals surface area (Å²) < 4.78 is 0. The van der Waals surface area contributed by atoms with E-state index in [1.54, 1.807) is 12.1 Å². The maximum atomic E-state index is 11.9. The monoisotopic (exact) mass is 271 g/mol. The first-order valence-electron chi connectivity index (χ1n) is 6.04. The van der Waals surface area contributed by atoms with E-state index >= 15 is 0 Å². The molecule has 1 saturated heterocycles. The number of urea groups is 1. The molecule has 0 radical (unpaired) electrons. The van der Waals surface area contributed by atoms with Crippen LogP contribution < -0.4 is 56.7 Å². The molecule has 18 heavy (non-hydrogen) atoms. The summed E-state index contributed by atoms with van der Waals surface area (Å²) in [6.45, 7) is 6.75. The topological polar surface area (TPSA) is 35.6 Å². The summed E-state index contributed by atoms with van der Waals surface area (Å²) in [6, 6.07) is 10.2. The van der Waals surface area contributed by atoms with E-state index in [-0.39, 0.29) is 57.4 Å². The number of amides is 2. The SMILES string of the molecule is CCN1CCN(C(=O)Nc2cc[c-]cc2)CC1.[K+]. The summed E-state index contributed by atoms with van der Waals surface area (Å²) in [6.07, 6.45) is 0. The van der Waals surface area contributed by atoms with E-state index in [0.717, 1.165) is 38.4 Å². The van der Waals surface area contributed by atoms with E-state index in [4.69, 9.17) is 0 Å². The molecule has 1 aromatic carbocycles. The molecule has 1 heterocycles. The molecule has 2 rings (SSSR count). The number of likely N-dealkylation sites (N-methyl/N-ethyl adjacent to an activating group) is 1. The van der Waals surface area contributed by atoms with Gasteiger partial charge in [-0.15, -0.1) is 12.1 Å². The zero-order valence-electron chi connectivity index (χ0n) is 11.1. The molecule has 1 N–H and O–H groups in total. The number of anilines is 1. The Labute approximate surface area is 151 Å². The van der Waals surface area contributed by atoms with E-state index in [1.807, 2.05) is 17.0 Å². The van der Waals surface area contributed by atoms with Gasteiger partial charge in [0.2, 0.25) is 0 Å². The molecule has 1 aliphatic rings. The quantitative estimate of drug-likeness (QED) is 0.534. The molecular weight excluding hydrogens is 253 g/mol. The molecule has 1 aromatic rings. The number of carbonyl (C=O) groups excluding carboxylic acids is 1. The van der Waals surface area contributed by atoms with Crippen LogP contribution in [-0.2, 0) is 0 Å². The minimum absolute atomic E-state index is 0. The predicted molar refractivity (Wildman–Crippen MR) is 68.0 cm³/mol. The Bertz CT molecular complexity index is 364. The summed E-state index contributed by atoms with van der Waals surface area (Å²) in [4.78, 5) is 16.2. The Morgan fingerprint density at radius 3 is 2.44 bits per heavy atom. The Hall–Kier alpha value is 0.0864. The van der Waals surface area contributed by atoms with E-state index < -0.39 is 0 Å². The standard InChI is InChI=1S/C13H18N3O.K/c1-2-15-8-10-16(11-9-15)13(17)14-12-6-4-3-5-7-12;/h4-7H,2,8-11H2,1H3,(H,14,17);/q-1;+1. The molecule has 0 spiro atoms. The smallest absolute Gasteiger partial charge is 0.331 e. The fourth-order valence-corrected chi connectivity index (χ4v) is 1.94. The molecular formula is C13H18KN3O. The van der Waals surface area contributed by atoms with Crippen LogP contribution in [0.4, 0.5) is 10.5 Å². The van der Waals surface area contributed by atoms with Crippen LogP contribution in [0.5, 0.6) is 0 Å². The van der Waals surface area contributed by atoms with Crippen LogP contribution >= 0.6 is 0 Å². The van der Waals surface area contributed by atoms with E-state index in [9.17, 15) is 4.79 Å². The summed E-state index contributed by atoms with van der Waals surface area (Å²) in [5.41, 5.74) is 0.826. The second kappa shape index (κ2) is 8.30. The molecule has 0 bridgehead atoms. The molecule has 0 unspecified atom stereocenters. The predicted octanol–water partition coefficient (Wildman–Crippen LogP) is -1.34. The summed E-state index contributed by atoms with van der Waals surface area (Å²) >= 11 is 0. The summed E-state index contributed by atoms with van der Waals surface area (Å²) in [7, 11) is 0. The Morgan fingerprint density at radius 1 is 1.28 bits per heavy atom. The summed E-state index contributed by atoms with van der Waals surface area (Å²) in [5, 5.41) is 2.89. The van der Waals surface area contributed by atoms with Gasteiger partial charge in [0, 0.05) is 26.2 Å². The van der Waals surface area contributed by atoms with Gasteiger partial charge in [-0.25, -0.2) is 4.79 Å². The van der Waals surface area contributed by atoms with Gasteiger partial charge in [-0.3, -0.25) is 0 Å². The number of piperazine rings is 1. The minimum atomic E-state index is -0.00745. The van der Waals surface area contributed by atoms with Gasteiger partial charge in [-0.2, -0.15) is 18.2 Å². The minimum Gasteiger partial charge on any atom is -0.331 e. The molecule has 5 heteroatoms. The molecule has 1 fully saturated rings. The second-order valence-electron chi connectivity index (χ2n) is 4.14. The molecule has 0 saturated carbocycles. The van der Waals surface area contributed by atoms with Gasteiger partial charge in [-0.05, 0) is 6.54 Å². The van der Waals surface area contributed by atoms with Gasteiger partial charge < -0.3 is 15.1 Å². The largest absolute Gasteiger partial charge is 1.00 e. The number of hydrogen-bond donors (Lipinski definition) is 1. The van der Waals surface area contributed by atoms with Gasteiger partial charge in [0.05, 0.1) is 0 Å². The van der Waals surface area contributed by atoms with Crippen LogP contribution in [-0.4, -0.2) is 48.6 Å². The first-order valence-corrected chi connectivity index (χ1v) is 6.04. The van der Waals surface area contributed by atoms with Gasteiger partial charge in [0.25, 0.3) is 0 Å².